The molecular formula is C19H20N2O4. The van der Waals surface area contributed by atoms with Gasteiger partial charge in [0.15, 0.2) is 5.75 Å². The zero-order valence-corrected chi connectivity index (χ0v) is 13.9. The quantitative estimate of drug-likeness (QED) is 0.609. The zero-order valence-electron chi connectivity index (χ0n) is 13.9. The Morgan fingerprint density at radius 3 is 2.76 bits per heavy atom. The molecule has 1 amide bonds. The number of hydrogen-bond acceptors (Lipinski definition) is 4. The van der Waals surface area contributed by atoms with Crippen LogP contribution in [-0.4, -0.2) is 24.0 Å². The third kappa shape index (κ3) is 3.16. The average molecular weight is 340 g/mol. The monoisotopic (exact) mass is 340 g/mol. The van der Waals surface area contributed by atoms with Crippen LogP contribution in [0.15, 0.2) is 41.5 Å². The highest BCUT2D eigenvalue weighted by molar-refractivity contribution is 5.95. The topological polar surface area (TPSA) is 81.5 Å². The van der Waals surface area contributed by atoms with Crippen LogP contribution in [0.3, 0.4) is 0 Å². The van der Waals surface area contributed by atoms with Crippen molar-refractivity contribution in [2.45, 2.75) is 25.7 Å². The van der Waals surface area contributed by atoms with Crippen LogP contribution in [-0.2, 0) is 0 Å². The minimum Gasteiger partial charge on any atom is -0.487 e. The molecule has 0 aromatic heterocycles. The molecule has 2 bridgehead atoms. The first-order valence-electron chi connectivity index (χ1n) is 8.71. The van der Waals surface area contributed by atoms with Crippen LogP contribution in [0, 0.1) is 22.0 Å². The number of allylic oxidation sites excluding steroid dienone is 2. The Morgan fingerprint density at radius 1 is 1.36 bits per heavy atom. The SMILES string of the molecule is O=C(NCC1C=C2C=C1C2)c1ccc([N+](=O)[O-])c(OCC2CCC2)c1. The number of amides is 1. The molecule has 1 atom stereocenters. The molecule has 1 aromatic carbocycles. The van der Waals surface area contributed by atoms with Crippen molar-refractivity contribution in [1.29, 1.82) is 0 Å². The molecule has 0 aliphatic heterocycles. The first-order valence-corrected chi connectivity index (χ1v) is 8.71. The van der Waals surface area contributed by atoms with E-state index in [-0.39, 0.29) is 17.3 Å². The van der Waals surface area contributed by atoms with E-state index in [0.717, 1.165) is 19.3 Å². The highest BCUT2D eigenvalue weighted by Gasteiger charge is 2.28. The number of fused-ring (bicyclic) bond motifs is 1. The molecule has 25 heavy (non-hydrogen) atoms. The van der Waals surface area contributed by atoms with Gasteiger partial charge in [0.05, 0.1) is 11.5 Å². The molecule has 1 unspecified atom stereocenters. The Bertz CT molecular complexity index is 793. The number of carbonyl (C=O) groups excluding carboxylic acids is 1. The van der Waals surface area contributed by atoms with Gasteiger partial charge in [-0.25, -0.2) is 0 Å². The van der Waals surface area contributed by atoms with Gasteiger partial charge in [0, 0.05) is 30.2 Å². The molecule has 5 rings (SSSR count). The van der Waals surface area contributed by atoms with Crippen molar-refractivity contribution in [3.05, 3.63) is 57.2 Å². The van der Waals surface area contributed by atoms with Crippen LogP contribution in [0.25, 0.3) is 0 Å². The summed E-state index contributed by atoms with van der Waals surface area (Å²) in [6, 6.07) is 4.32. The lowest BCUT2D eigenvalue weighted by Gasteiger charge is -2.25. The van der Waals surface area contributed by atoms with Crippen molar-refractivity contribution < 1.29 is 14.5 Å². The second-order valence-corrected chi connectivity index (χ2v) is 7.00. The van der Waals surface area contributed by atoms with Gasteiger partial charge in [0.2, 0.25) is 0 Å². The number of ether oxygens (including phenoxy) is 1. The Balaban J connectivity index is 1.42. The smallest absolute Gasteiger partial charge is 0.310 e. The minimum atomic E-state index is -0.470. The fourth-order valence-corrected chi connectivity index (χ4v) is 3.44. The van der Waals surface area contributed by atoms with Crippen molar-refractivity contribution in [3.63, 3.8) is 0 Å². The summed E-state index contributed by atoms with van der Waals surface area (Å²) in [5.41, 5.74) is 3.00. The third-order valence-electron chi connectivity index (χ3n) is 5.27. The van der Waals surface area contributed by atoms with Gasteiger partial charge in [-0.05, 0) is 36.8 Å². The molecule has 6 nitrogen and oxygen atoms in total. The lowest BCUT2D eigenvalue weighted by Crippen LogP contribution is -2.28. The number of nitro benzene ring substituents is 1. The van der Waals surface area contributed by atoms with E-state index >= 15 is 0 Å². The van der Waals surface area contributed by atoms with Crippen LogP contribution in [0.1, 0.15) is 36.0 Å². The highest BCUT2D eigenvalue weighted by Crippen LogP contribution is 2.40. The molecule has 0 saturated heterocycles. The molecule has 0 heterocycles. The van der Waals surface area contributed by atoms with Gasteiger partial charge in [-0.3, -0.25) is 14.9 Å². The summed E-state index contributed by atoms with van der Waals surface area (Å²) >= 11 is 0. The van der Waals surface area contributed by atoms with Gasteiger partial charge in [-0.2, -0.15) is 0 Å². The predicted octanol–water partition coefficient (Wildman–Crippen LogP) is 3.39. The van der Waals surface area contributed by atoms with Crippen LogP contribution in [0.2, 0.25) is 0 Å². The van der Waals surface area contributed by atoms with E-state index in [4.69, 9.17) is 4.74 Å². The van der Waals surface area contributed by atoms with Gasteiger partial charge < -0.3 is 10.1 Å². The van der Waals surface area contributed by atoms with Crippen molar-refractivity contribution in [2.75, 3.05) is 13.2 Å². The van der Waals surface area contributed by atoms with Crippen molar-refractivity contribution in [2.24, 2.45) is 11.8 Å². The van der Waals surface area contributed by atoms with E-state index in [0.29, 0.717) is 30.6 Å². The van der Waals surface area contributed by atoms with Crippen LogP contribution in [0.4, 0.5) is 5.69 Å². The van der Waals surface area contributed by atoms with E-state index in [1.807, 2.05) is 0 Å². The highest BCUT2D eigenvalue weighted by atomic mass is 16.6. The van der Waals surface area contributed by atoms with Crippen molar-refractivity contribution >= 4 is 11.6 Å². The number of hydrogen-bond donors (Lipinski definition) is 1. The summed E-state index contributed by atoms with van der Waals surface area (Å²) < 4.78 is 5.65. The Labute approximate surface area is 145 Å². The number of rotatable bonds is 7. The van der Waals surface area contributed by atoms with E-state index in [2.05, 4.69) is 17.5 Å². The maximum atomic E-state index is 12.4. The van der Waals surface area contributed by atoms with E-state index in [1.54, 1.807) is 0 Å². The second kappa shape index (κ2) is 6.35. The van der Waals surface area contributed by atoms with Gasteiger partial charge >= 0.3 is 5.69 Å². The van der Waals surface area contributed by atoms with Gasteiger partial charge in [-0.15, -0.1) is 0 Å². The summed E-state index contributed by atoms with van der Waals surface area (Å²) in [6.07, 6.45) is 8.76. The van der Waals surface area contributed by atoms with E-state index in [1.165, 1.54) is 35.8 Å². The summed E-state index contributed by atoms with van der Waals surface area (Å²) in [5, 5.41) is 14.1. The van der Waals surface area contributed by atoms with Crippen molar-refractivity contribution in [3.8, 4) is 5.75 Å². The van der Waals surface area contributed by atoms with Crippen LogP contribution < -0.4 is 10.1 Å². The number of nitrogens with zero attached hydrogens (tertiary/aromatic N) is 1. The predicted molar refractivity (Wildman–Crippen MR) is 92.5 cm³/mol. The third-order valence-corrected chi connectivity index (χ3v) is 5.27. The maximum absolute atomic E-state index is 12.4. The minimum absolute atomic E-state index is 0.0950. The Hall–Kier alpha value is -2.63. The van der Waals surface area contributed by atoms with Crippen molar-refractivity contribution in [1.82, 2.24) is 5.32 Å². The van der Waals surface area contributed by atoms with Crippen LogP contribution >= 0.6 is 0 Å². The maximum Gasteiger partial charge on any atom is 0.310 e. The molecule has 6 heteroatoms. The zero-order chi connectivity index (χ0) is 17.4. The van der Waals surface area contributed by atoms with E-state index < -0.39 is 4.92 Å². The van der Waals surface area contributed by atoms with Gasteiger partial charge in [0.25, 0.3) is 5.91 Å². The fourth-order valence-electron chi connectivity index (χ4n) is 3.44. The molecule has 4 aliphatic rings. The fraction of sp³-hybridized carbons (Fsp3) is 0.421. The lowest BCUT2D eigenvalue weighted by atomic mass is 9.86. The summed E-state index contributed by atoms with van der Waals surface area (Å²) in [6.45, 7) is 1.03. The standard InChI is InChI=1S/C19H20N2O4/c22-19(20-10-16-8-13-6-15(16)7-13)14-4-5-17(21(23)24)18(9-14)25-11-12-2-1-3-12/h4-6,8-9,12,16H,1-3,7,10-11H2,(H,20,22). The second-order valence-electron chi connectivity index (χ2n) is 7.00. The van der Waals surface area contributed by atoms with Gasteiger partial charge in [-0.1, -0.05) is 24.1 Å². The molecule has 1 fully saturated rings. The average Bonchev–Trinajstić information content (AvgIpc) is 3.10. The number of benzene rings is 1. The van der Waals surface area contributed by atoms with Gasteiger partial charge in [0.1, 0.15) is 0 Å². The molecule has 1 saturated carbocycles. The molecule has 1 aromatic rings. The molecule has 1 N–H and O–H groups in total. The number of carbonyl (C=O) groups is 1. The Morgan fingerprint density at radius 2 is 2.16 bits per heavy atom. The normalized spacial score (nSPS) is 20.9. The molecule has 0 spiro atoms. The summed E-state index contributed by atoms with van der Waals surface area (Å²) in [4.78, 5) is 23.1. The molecular weight excluding hydrogens is 320 g/mol. The summed E-state index contributed by atoms with van der Waals surface area (Å²) in [7, 11) is 0. The number of nitro groups is 1. The molecule has 130 valence electrons. The Kier molecular flexibility index (Phi) is 4.03. The largest absolute Gasteiger partial charge is 0.487 e. The summed E-state index contributed by atoms with van der Waals surface area (Å²) in [5.74, 6) is 0.711. The first kappa shape index (κ1) is 15.9. The number of nitrogens with one attached hydrogen (secondary N) is 1. The first-order chi connectivity index (χ1) is 12.1. The van der Waals surface area contributed by atoms with E-state index in [9.17, 15) is 14.9 Å². The molecule has 4 aliphatic carbocycles. The van der Waals surface area contributed by atoms with Crippen LogP contribution in [0.5, 0.6) is 5.75 Å². The molecule has 0 radical (unpaired) electrons. The lowest BCUT2D eigenvalue weighted by molar-refractivity contribution is -0.385.